The Labute approximate surface area is 194 Å². The normalized spacial score (nSPS) is 15.2. The number of hydrogen-bond donors (Lipinski definition) is 2. The zero-order valence-electron chi connectivity index (χ0n) is 19.6. The number of nitrogens with one attached hydrogen (secondary N) is 1. The van der Waals surface area contributed by atoms with Crippen molar-refractivity contribution in [1.29, 1.82) is 0 Å². The van der Waals surface area contributed by atoms with Crippen LogP contribution in [0.25, 0.3) is 11.3 Å². The third kappa shape index (κ3) is 4.27. The monoisotopic (exact) mass is 449 g/mol. The Kier molecular flexibility index (Phi) is 6.58. The van der Waals surface area contributed by atoms with Crippen molar-refractivity contribution in [1.82, 2.24) is 15.1 Å². The number of aromatic amines is 1. The SMILES string of the molecule is CCCN1C(=O)c2[nH]nc(-c3ccccc3O)c2[C@H]1c1ccc(OCCC(C)C)c(OC)c1. The van der Waals surface area contributed by atoms with Crippen LogP contribution in [0, 0.1) is 5.92 Å². The summed E-state index contributed by atoms with van der Waals surface area (Å²) in [6.07, 6.45) is 1.77. The first-order valence-corrected chi connectivity index (χ1v) is 11.4. The zero-order chi connectivity index (χ0) is 23.5. The molecule has 0 saturated heterocycles. The van der Waals surface area contributed by atoms with E-state index in [0.29, 0.717) is 47.5 Å². The van der Waals surface area contributed by atoms with E-state index in [1.54, 1.807) is 19.2 Å². The number of rotatable bonds is 9. The minimum Gasteiger partial charge on any atom is -0.507 e. The number of nitrogens with zero attached hydrogens (tertiary/aromatic N) is 2. The molecule has 174 valence electrons. The number of H-pyrrole nitrogens is 1. The Morgan fingerprint density at radius 3 is 2.67 bits per heavy atom. The Hall–Kier alpha value is -3.48. The van der Waals surface area contributed by atoms with Gasteiger partial charge in [-0.1, -0.05) is 39.0 Å². The molecule has 1 atom stereocenters. The second kappa shape index (κ2) is 9.57. The number of phenolic OH excluding ortho intramolecular Hbond substituents is 1. The molecule has 33 heavy (non-hydrogen) atoms. The van der Waals surface area contributed by atoms with Crippen molar-refractivity contribution < 1.29 is 19.4 Å². The van der Waals surface area contributed by atoms with Crippen molar-refractivity contribution in [3.05, 3.63) is 59.3 Å². The van der Waals surface area contributed by atoms with E-state index < -0.39 is 0 Å². The molecule has 7 heteroatoms. The lowest BCUT2D eigenvalue weighted by Crippen LogP contribution is -2.30. The number of methoxy groups -OCH3 is 1. The number of ether oxygens (including phenoxy) is 2. The maximum atomic E-state index is 13.3. The molecule has 7 nitrogen and oxygen atoms in total. The Bertz CT molecular complexity index is 1140. The van der Waals surface area contributed by atoms with Crippen LogP contribution < -0.4 is 9.47 Å². The van der Waals surface area contributed by atoms with Gasteiger partial charge in [-0.3, -0.25) is 9.89 Å². The molecule has 0 fully saturated rings. The Morgan fingerprint density at radius 1 is 1.18 bits per heavy atom. The first kappa shape index (κ1) is 22.7. The lowest BCUT2D eigenvalue weighted by Gasteiger charge is -2.26. The second-order valence-corrected chi connectivity index (χ2v) is 8.72. The minimum absolute atomic E-state index is 0.0951. The third-order valence-electron chi connectivity index (χ3n) is 5.94. The summed E-state index contributed by atoms with van der Waals surface area (Å²) in [5.41, 5.74) is 3.30. The number of phenols is 1. The summed E-state index contributed by atoms with van der Waals surface area (Å²) in [7, 11) is 1.62. The van der Waals surface area contributed by atoms with Crippen molar-refractivity contribution in [2.45, 2.75) is 39.7 Å². The van der Waals surface area contributed by atoms with E-state index in [2.05, 4.69) is 24.0 Å². The number of hydrogen-bond acceptors (Lipinski definition) is 5. The summed E-state index contributed by atoms with van der Waals surface area (Å²) in [5, 5.41) is 17.8. The van der Waals surface area contributed by atoms with Gasteiger partial charge >= 0.3 is 0 Å². The quantitative estimate of drug-likeness (QED) is 0.470. The van der Waals surface area contributed by atoms with Crippen LogP contribution in [-0.4, -0.2) is 46.4 Å². The molecular weight excluding hydrogens is 418 g/mol. The molecule has 1 aliphatic rings. The van der Waals surface area contributed by atoms with Gasteiger partial charge in [-0.25, -0.2) is 0 Å². The minimum atomic E-state index is -0.348. The van der Waals surface area contributed by atoms with Gasteiger partial charge in [0, 0.05) is 17.7 Å². The highest BCUT2D eigenvalue weighted by Crippen LogP contribution is 2.45. The highest BCUT2D eigenvalue weighted by Gasteiger charge is 2.42. The molecule has 0 radical (unpaired) electrons. The lowest BCUT2D eigenvalue weighted by molar-refractivity contribution is 0.0743. The fourth-order valence-electron chi connectivity index (χ4n) is 4.27. The summed E-state index contributed by atoms with van der Waals surface area (Å²) in [6.45, 7) is 7.58. The van der Waals surface area contributed by atoms with Crippen LogP contribution in [0.4, 0.5) is 0 Å². The van der Waals surface area contributed by atoms with E-state index in [0.717, 1.165) is 24.0 Å². The lowest BCUT2D eigenvalue weighted by atomic mass is 9.95. The van der Waals surface area contributed by atoms with Gasteiger partial charge in [0.15, 0.2) is 11.5 Å². The van der Waals surface area contributed by atoms with Crippen LogP contribution >= 0.6 is 0 Å². The van der Waals surface area contributed by atoms with Gasteiger partial charge in [-0.15, -0.1) is 0 Å². The molecule has 2 N–H and O–H groups in total. The van der Waals surface area contributed by atoms with Crippen molar-refractivity contribution in [3.8, 4) is 28.5 Å². The Balaban J connectivity index is 1.78. The van der Waals surface area contributed by atoms with Crippen molar-refractivity contribution in [2.24, 2.45) is 5.92 Å². The van der Waals surface area contributed by atoms with E-state index in [1.807, 2.05) is 42.2 Å². The van der Waals surface area contributed by atoms with Crippen LogP contribution in [0.15, 0.2) is 42.5 Å². The number of aromatic nitrogens is 2. The summed E-state index contributed by atoms with van der Waals surface area (Å²) in [6, 6.07) is 12.5. The molecule has 0 spiro atoms. The first-order chi connectivity index (χ1) is 16.0. The maximum absolute atomic E-state index is 13.3. The van der Waals surface area contributed by atoms with E-state index in [4.69, 9.17) is 9.47 Å². The molecule has 3 aromatic rings. The highest BCUT2D eigenvalue weighted by atomic mass is 16.5. The first-order valence-electron chi connectivity index (χ1n) is 11.4. The van der Waals surface area contributed by atoms with E-state index >= 15 is 0 Å². The zero-order valence-corrected chi connectivity index (χ0v) is 19.6. The number of para-hydroxylation sites is 1. The average molecular weight is 450 g/mol. The summed E-state index contributed by atoms with van der Waals surface area (Å²) >= 11 is 0. The van der Waals surface area contributed by atoms with E-state index in [9.17, 15) is 9.90 Å². The maximum Gasteiger partial charge on any atom is 0.273 e. The van der Waals surface area contributed by atoms with Crippen LogP contribution in [0.5, 0.6) is 17.2 Å². The van der Waals surface area contributed by atoms with Gasteiger partial charge in [-0.05, 0) is 48.6 Å². The molecule has 1 aromatic heterocycles. The van der Waals surface area contributed by atoms with Crippen molar-refractivity contribution >= 4 is 5.91 Å². The number of carbonyl (C=O) groups is 1. The molecule has 4 rings (SSSR count). The highest BCUT2D eigenvalue weighted by molar-refractivity contribution is 6.00. The molecule has 0 aliphatic carbocycles. The number of carbonyl (C=O) groups excluding carboxylic acids is 1. The van der Waals surface area contributed by atoms with Gasteiger partial charge in [-0.2, -0.15) is 5.10 Å². The second-order valence-electron chi connectivity index (χ2n) is 8.72. The number of amides is 1. The smallest absolute Gasteiger partial charge is 0.273 e. The summed E-state index contributed by atoms with van der Waals surface area (Å²) in [5.74, 6) is 1.89. The Morgan fingerprint density at radius 2 is 1.97 bits per heavy atom. The van der Waals surface area contributed by atoms with Crippen LogP contribution in [-0.2, 0) is 0 Å². The predicted molar refractivity (Wildman–Crippen MR) is 127 cm³/mol. The van der Waals surface area contributed by atoms with Crippen LogP contribution in [0.1, 0.15) is 61.3 Å². The number of benzene rings is 2. The van der Waals surface area contributed by atoms with Gasteiger partial charge in [0.1, 0.15) is 17.1 Å². The van der Waals surface area contributed by atoms with Gasteiger partial charge in [0.25, 0.3) is 5.91 Å². The molecular formula is C26H31N3O4. The van der Waals surface area contributed by atoms with E-state index in [-0.39, 0.29) is 17.7 Å². The van der Waals surface area contributed by atoms with Crippen molar-refractivity contribution in [2.75, 3.05) is 20.3 Å². The molecule has 0 saturated carbocycles. The number of fused-ring (bicyclic) bond motifs is 1. The topological polar surface area (TPSA) is 87.7 Å². The molecule has 2 heterocycles. The van der Waals surface area contributed by atoms with E-state index in [1.165, 1.54) is 0 Å². The largest absolute Gasteiger partial charge is 0.507 e. The standard InChI is InChI=1S/C26H31N3O4/c1-5-13-29-25(17-10-11-20(21(15-17)32-4)33-14-12-16(2)3)22-23(27-28-24(22)26(29)31)18-8-6-7-9-19(18)30/h6-11,15-16,25,30H,5,12-14H2,1-4H3,(H,27,28)/t25-/m1/s1. The predicted octanol–water partition coefficient (Wildman–Crippen LogP) is 5.17. The summed E-state index contributed by atoms with van der Waals surface area (Å²) in [4.78, 5) is 15.1. The van der Waals surface area contributed by atoms with Gasteiger partial charge in [0.2, 0.25) is 0 Å². The molecule has 1 amide bonds. The average Bonchev–Trinajstić information content (AvgIpc) is 3.34. The van der Waals surface area contributed by atoms with Gasteiger partial charge < -0.3 is 19.5 Å². The number of aromatic hydroxyl groups is 1. The van der Waals surface area contributed by atoms with Crippen LogP contribution in [0.2, 0.25) is 0 Å². The fourth-order valence-corrected chi connectivity index (χ4v) is 4.27. The molecule has 1 aliphatic heterocycles. The molecule has 0 bridgehead atoms. The third-order valence-corrected chi connectivity index (χ3v) is 5.94. The van der Waals surface area contributed by atoms with Crippen molar-refractivity contribution in [3.63, 3.8) is 0 Å². The summed E-state index contributed by atoms with van der Waals surface area (Å²) < 4.78 is 11.6. The van der Waals surface area contributed by atoms with Gasteiger partial charge in [0.05, 0.1) is 19.8 Å². The molecule has 2 aromatic carbocycles. The molecule has 0 unspecified atom stereocenters. The fraction of sp³-hybridized carbons (Fsp3) is 0.385. The van der Waals surface area contributed by atoms with Crippen LogP contribution in [0.3, 0.4) is 0 Å².